The van der Waals surface area contributed by atoms with Crippen LogP contribution in [0.4, 0.5) is 0 Å². The molecule has 0 aromatic heterocycles. The lowest BCUT2D eigenvalue weighted by Crippen LogP contribution is -2.22. The fourth-order valence-corrected chi connectivity index (χ4v) is 4.72. The molecule has 0 radical (unpaired) electrons. The highest BCUT2D eigenvalue weighted by molar-refractivity contribution is 7.92. The third kappa shape index (κ3) is 8.13. The monoisotopic (exact) mass is 382 g/mol. The van der Waals surface area contributed by atoms with Crippen LogP contribution < -0.4 is 0 Å². The summed E-state index contributed by atoms with van der Waals surface area (Å²) in [6.07, 6.45) is 6.05. The number of ether oxygens (including phenoxy) is 1. The van der Waals surface area contributed by atoms with E-state index < -0.39 is 15.1 Å². The number of methoxy groups -OCH3 is 1. The van der Waals surface area contributed by atoms with E-state index in [-0.39, 0.29) is 18.2 Å². The van der Waals surface area contributed by atoms with Gasteiger partial charge in [0.2, 0.25) is 0 Å². The number of rotatable bonds is 13. The second-order valence-corrected chi connectivity index (χ2v) is 8.83. The summed E-state index contributed by atoms with van der Waals surface area (Å²) in [6.45, 7) is 1.49. The van der Waals surface area contributed by atoms with Gasteiger partial charge < -0.3 is 9.53 Å². The minimum atomic E-state index is -3.42. The number of benzene rings is 1. The Balaban J connectivity index is 2.51. The fraction of sp³-hybridized carbons (Fsp3) is 0.600. The second-order valence-electron chi connectivity index (χ2n) is 6.60. The van der Waals surface area contributed by atoms with Crippen molar-refractivity contribution in [1.82, 2.24) is 0 Å². The SMILES string of the molecule is COC(=O)CCCCCCCC(CCC(C)=O)S(=O)(=O)c1ccccc1. The van der Waals surface area contributed by atoms with Crippen molar-refractivity contribution in [3.05, 3.63) is 30.3 Å². The Kier molecular flexibility index (Phi) is 10.2. The summed E-state index contributed by atoms with van der Waals surface area (Å²) in [4.78, 5) is 22.7. The maximum absolute atomic E-state index is 12.9. The topological polar surface area (TPSA) is 77.5 Å². The van der Waals surface area contributed by atoms with Crippen LogP contribution in [0.25, 0.3) is 0 Å². The number of carbonyl (C=O) groups excluding carboxylic acids is 2. The smallest absolute Gasteiger partial charge is 0.305 e. The van der Waals surface area contributed by atoms with Gasteiger partial charge in [-0.15, -0.1) is 0 Å². The number of unbranched alkanes of at least 4 members (excludes halogenated alkanes) is 4. The first-order valence-electron chi connectivity index (χ1n) is 9.23. The zero-order valence-corrected chi connectivity index (χ0v) is 16.6. The molecule has 0 saturated carbocycles. The van der Waals surface area contributed by atoms with Crippen LogP contribution in [0.2, 0.25) is 0 Å². The van der Waals surface area contributed by atoms with Gasteiger partial charge in [-0.1, -0.05) is 43.9 Å². The van der Waals surface area contributed by atoms with E-state index in [0.717, 1.165) is 32.1 Å². The summed E-state index contributed by atoms with van der Waals surface area (Å²) in [6, 6.07) is 8.45. The van der Waals surface area contributed by atoms with E-state index in [9.17, 15) is 18.0 Å². The number of hydrogen-bond acceptors (Lipinski definition) is 5. The number of ketones is 1. The molecule has 1 unspecified atom stereocenters. The van der Waals surface area contributed by atoms with Gasteiger partial charge >= 0.3 is 5.97 Å². The Bertz CT molecular complexity index is 652. The van der Waals surface area contributed by atoms with Gasteiger partial charge in [0, 0.05) is 12.8 Å². The summed E-state index contributed by atoms with van der Waals surface area (Å²) >= 11 is 0. The van der Waals surface area contributed by atoms with Crippen molar-refractivity contribution in [3.8, 4) is 0 Å². The Morgan fingerprint density at radius 3 is 2.15 bits per heavy atom. The standard InChI is InChI=1S/C20H30O5S/c1-17(21)15-16-19(26(23,24)18-11-8-6-9-12-18)13-7-4-3-5-10-14-20(22)25-2/h6,8-9,11-12,19H,3-5,7,10,13-16H2,1-2H3. The number of hydrogen-bond donors (Lipinski definition) is 0. The molecule has 0 fully saturated rings. The molecule has 0 N–H and O–H groups in total. The van der Waals surface area contributed by atoms with E-state index in [2.05, 4.69) is 4.74 Å². The van der Waals surface area contributed by atoms with Gasteiger partial charge in [0.05, 0.1) is 17.3 Å². The summed E-state index contributed by atoms with van der Waals surface area (Å²) in [5.74, 6) is -0.177. The number of sulfone groups is 1. The van der Waals surface area contributed by atoms with Gasteiger partial charge in [-0.25, -0.2) is 8.42 Å². The maximum atomic E-state index is 12.9. The molecule has 0 amide bonds. The minimum absolute atomic E-state index is 0.0149. The highest BCUT2D eigenvalue weighted by atomic mass is 32.2. The van der Waals surface area contributed by atoms with Crippen LogP contribution in [-0.2, 0) is 24.2 Å². The van der Waals surface area contributed by atoms with E-state index in [1.165, 1.54) is 14.0 Å². The lowest BCUT2D eigenvalue weighted by Gasteiger charge is -2.17. The van der Waals surface area contributed by atoms with Crippen LogP contribution in [-0.4, -0.2) is 32.5 Å². The molecule has 0 bridgehead atoms. The van der Waals surface area contributed by atoms with Crippen LogP contribution in [0.1, 0.15) is 64.7 Å². The average molecular weight is 383 g/mol. The molecule has 0 spiro atoms. The highest BCUT2D eigenvalue weighted by Gasteiger charge is 2.26. The Hall–Kier alpha value is -1.69. The average Bonchev–Trinajstić information content (AvgIpc) is 2.63. The van der Waals surface area contributed by atoms with E-state index in [1.54, 1.807) is 30.3 Å². The van der Waals surface area contributed by atoms with E-state index in [1.807, 2.05) is 0 Å². The fourth-order valence-electron chi connectivity index (χ4n) is 2.90. The van der Waals surface area contributed by atoms with Crippen LogP contribution in [0, 0.1) is 0 Å². The van der Waals surface area contributed by atoms with Crippen molar-refractivity contribution in [2.75, 3.05) is 7.11 Å². The first-order valence-corrected chi connectivity index (χ1v) is 10.8. The quantitative estimate of drug-likeness (QED) is 0.379. The predicted molar refractivity (Wildman–Crippen MR) is 102 cm³/mol. The van der Waals surface area contributed by atoms with Gasteiger partial charge in [-0.2, -0.15) is 0 Å². The summed E-state index contributed by atoms with van der Waals surface area (Å²) in [5, 5.41) is -0.524. The van der Waals surface area contributed by atoms with Crippen molar-refractivity contribution >= 4 is 21.6 Å². The molecule has 6 heteroatoms. The zero-order chi connectivity index (χ0) is 19.4. The maximum Gasteiger partial charge on any atom is 0.305 e. The third-order valence-corrected chi connectivity index (χ3v) is 6.74. The molecule has 1 rings (SSSR count). The first kappa shape index (κ1) is 22.4. The molecule has 0 aliphatic carbocycles. The van der Waals surface area contributed by atoms with Crippen molar-refractivity contribution < 1.29 is 22.7 Å². The molecule has 5 nitrogen and oxygen atoms in total. The number of carbonyl (C=O) groups is 2. The van der Waals surface area contributed by atoms with Gasteiger partial charge in [0.25, 0.3) is 0 Å². The summed E-state index contributed by atoms with van der Waals surface area (Å²) < 4.78 is 30.3. The normalized spacial score (nSPS) is 12.5. The minimum Gasteiger partial charge on any atom is -0.469 e. The van der Waals surface area contributed by atoms with Crippen molar-refractivity contribution in [2.24, 2.45) is 0 Å². The molecule has 26 heavy (non-hydrogen) atoms. The van der Waals surface area contributed by atoms with E-state index in [0.29, 0.717) is 24.2 Å². The Labute approximate surface area is 157 Å². The molecule has 146 valence electrons. The summed E-state index contributed by atoms with van der Waals surface area (Å²) in [7, 11) is -2.04. The molecule has 1 aromatic rings. The van der Waals surface area contributed by atoms with Crippen LogP contribution in [0.5, 0.6) is 0 Å². The van der Waals surface area contributed by atoms with Crippen LogP contribution >= 0.6 is 0 Å². The van der Waals surface area contributed by atoms with Gasteiger partial charge in [0.15, 0.2) is 9.84 Å². The number of esters is 1. The lowest BCUT2D eigenvalue weighted by atomic mass is 10.1. The van der Waals surface area contributed by atoms with E-state index in [4.69, 9.17) is 0 Å². The highest BCUT2D eigenvalue weighted by Crippen LogP contribution is 2.24. The first-order chi connectivity index (χ1) is 12.4. The zero-order valence-electron chi connectivity index (χ0n) is 15.8. The summed E-state index contributed by atoms with van der Waals surface area (Å²) in [5.41, 5.74) is 0. The molecule has 1 atom stereocenters. The van der Waals surface area contributed by atoms with E-state index >= 15 is 0 Å². The van der Waals surface area contributed by atoms with Gasteiger partial charge in [-0.05, 0) is 38.3 Å². The van der Waals surface area contributed by atoms with Crippen LogP contribution in [0.15, 0.2) is 35.2 Å². The van der Waals surface area contributed by atoms with Crippen molar-refractivity contribution in [3.63, 3.8) is 0 Å². The largest absolute Gasteiger partial charge is 0.469 e. The Morgan fingerprint density at radius 1 is 0.923 bits per heavy atom. The predicted octanol–water partition coefficient (Wildman–Crippen LogP) is 4.10. The molecular weight excluding hydrogens is 352 g/mol. The van der Waals surface area contributed by atoms with Crippen LogP contribution in [0.3, 0.4) is 0 Å². The van der Waals surface area contributed by atoms with Gasteiger partial charge in [-0.3, -0.25) is 4.79 Å². The second kappa shape index (κ2) is 11.8. The molecule has 0 aliphatic rings. The molecule has 0 heterocycles. The molecule has 0 aliphatic heterocycles. The lowest BCUT2D eigenvalue weighted by molar-refractivity contribution is -0.140. The third-order valence-electron chi connectivity index (χ3n) is 4.46. The number of Topliss-reactive ketones (excluding diaryl/α,β-unsaturated/α-hetero) is 1. The molecular formula is C20H30O5S. The molecule has 1 aromatic carbocycles. The van der Waals surface area contributed by atoms with Crippen molar-refractivity contribution in [2.45, 2.75) is 74.9 Å². The molecule has 0 saturated heterocycles. The Morgan fingerprint density at radius 2 is 1.54 bits per heavy atom. The van der Waals surface area contributed by atoms with Crippen molar-refractivity contribution in [1.29, 1.82) is 0 Å². The van der Waals surface area contributed by atoms with Gasteiger partial charge in [0.1, 0.15) is 5.78 Å².